The van der Waals surface area contributed by atoms with Gasteiger partial charge in [-0.15, -0.1) is 0 Å². The molecule has 1 unspecified atom stereocenters. The first-order valence-electron chi connectivity index (χ1n) is 4.81. The Kier molecular flexibility index (Phi) is 2.89. The second-order valence-corrected chi connectivity index (χ2v) is 3.96. The van der Waals surface area contributed by atoms with Crippen molar-refractivity contribution in [3.63, 3.8) is 0 Å². The van der Waals surface area contributed by atoms with Crippen LogP contribution in [-0.2, 0) is 0 Å². The lowest BCUT2D eigenvalue weighted by atomic mass is 10.1. The van der Waals surface area contributed by atoms with Crippen molar-refractivity contribution < 1.29 is 5.11 Å². The lowest BCUT2D eigenvalue weighted by molar-refractivity contribution is 0.154. The molecule has 1 saturated heterocycles. The van der Waals surface area contributed by atoms with Gasteiger partial charge in [0, 0.05) is 19.3 Å². The maximum atomic E-state index is 9.52. The van der Waals surface area contributed by atoms with E-state index in [1.165, 1.54) is 0 Å². The molecule has 1 aromatic rings. The largest absolute Gasteiger partial charge is 0.391 e. The van der Waals surface area contributed by atoms with Crippen LogP contribution in [0.15, 0.2) is 18.3 Å². The van der Waals surface area contributed by atoms with E-state index in [4.69, 9.17) is 11.6 Å². The fourth-order valence-corrected chi connectivity index (χ4v) is 2.00. The Labute approximate surface area is 88.3 Å². The first kappa shape index (κ1) is 9.74. The van der Waals surface area contributed by atoms with Crippen LogP contribution in [0.4, 0.5) is 5.82 Å². The summed E-state index contributed by atoms with van der Waals surface area (Å²) >= 11 is 6.02. The highest BCUT2D eigenvalue weighted by Crippen LogP contribution is 2.25. The molecule has 4 heteroatoms. The Morgan fingerprint density at radius 2 is 2.43 bits per heavy atom. The normalized spacial score (nSPS) is 22.4. The van der Waals surface area contributed by atoms with Gasteiger partial charge in [-0.3, -0.25) is 0 Å². The number of anilines is 1. The average Bonchev–Trinajstić information content (AvgIpc) is 2.18. The number of rotatable bonds is 1. The number of hydrogen-bond donors (Lipinski definition) is 1. The van der Waals surface area contributed by atoms with Crippen molar-refractivity contribution in [1.82, 2.24) is 4.98 Å². The lowest BCUT2D eigenvalue weighted by Gasteiger charge is -2.31. The van der Waals surface area contributed by atoms with Gasteiger partial charge in [-0.25, -0.2) is 4.98 Å². The van der Waals surface area contributed by atoms with E-state index in [1.807, 2.05) is 17.0 Å². The van der Waals surface area contributed by atoms with Crippen LogP contribution in [0.2, 0.25) is 5.02 Å². The monoisotopic (exact) mass is 212 g/mol. The number of β-amino-alcohol motifs (C(OH)–C–C–N with tert-alkyl or cyclic N) is 1. The predicted octanol–water partition coefficient (Wildman–Crippen LogP) is 1.70. The van der Waals surface area contributed by atoms with Gasteiger partial charge in [0.15, 0.2) is 0 Å². The van der Waals surface area contributed by atoms with Crippen LogP contribution in [0.1, 0.15) is 12.8 Å². The van der Waals surface area contributed by atoms with Crippen molar-refractivity contribution in [2.45, 2.75) is 18.9 Å². The zero-order valence-electron chi connectivity index (χ0n) is 7.86. The van der Waals surface area contributed by atoms with E-state index in [0.29, 0.717) is 11.6 Å². The molecule has 3 nitrogen and oxygen atoms in total. The molecule has 76 valence electrons. The summed E-state index contributed by atoms with van der Waals surface area (Å²) in [6.07, 6.45) is 3.35. The molecule has 0 aromatic carbocycles. The maximum absolute atomic E-state index is 9.52. The van der Waals surface area contributed by atoms with Crippen molar-refractivity contribution in [2.24, 2.45) is 0 Å². The van der Waals surface area contributed by atoms with E-state index in [2.05, 4.69) is 4.98 Å². The van der Waals surface area contributed by atoms with Crippen LogP contribution in [0.25, 0.3) is 0 Å². The molecule has 1 N–H and O–H groups in total. The van der Waals surface area contributed by atoms with Crippen LogP contribution in [0, 0.1) is 0 Å². The molecule has 0 spiro atoms. The number of aromatic nitrogens is 1. The van der Waals surface area contributed by atoms with E-state index < -0.39 is 0 Å². The third kappa shape index (κ3) is 1.99. The molecule has 1 aliphatic heterocycles. The van der Waals surface area contributed by atoms with Gasteiger partial charge in [0.25, 0.3) is 0 Å². The Hall–Kier alpha value is -0.800. The number of hydrogen-bond acceptors (Lipinski definition) is 3. The SMILES string of the molecule is OC1CCCN(c2ncccc2Cl)C1. The molecule has 2 heterocycles. The van der Waals surface area contributed by atoms with Gasteiger partial charge in [0.05, 0.1) is 11.1 Å². The molecule has 1 fully saturated rings. The number of aliphatic hydroxyl groups is 1. The van der Waals surface area contributed by atoms with Crippen molar-refractivity contribution in [2.75, 3.05) is 18.0 Å². The smallest absolute Gasteiger partial charge is 0.147 e. The fraction of sp³-hybridized carbons (Fsp3) is 0.500. The third-order valence-corrected chi connectivity index (χ3v) is 2.73. The van der Waals surface area contributed by atoms with Crippen LogP contribution in [0.3, 0.4) is 0 Å². The lowest BCUT2D eigenvalue weighted by Crippen LogP contribution is -2.38. The molecule has 0 aliphatic carbocycles. The highest BCUT2D eigenvalue weighted by atomic mass is 35.5. The summed E-state index contributed by atoms with van der Waals surface area (Å²) in [6, 6.07) is 3.64. The molecule has 2 rings (SSSR count). The molecule has 0 radical (unpaired) electrons. The summed E-state index contributed by atoms with van der Waals surface area (Å²) in [5.74, 6) is 0.785. The summed E-state index contributed by atoms with van der Waals surface area (Å²) in [6.45, 7) is 1.56. The molecule has 1 atom stereocenters. The average molecular weight is 213 g/mol. The standard InChI is InChI=1S/C10H13ClN2O/c11-9-4-1-5-12-10(9)13-6-2-3-8(14)7-13/h1,4-5,8,14H,2-3,6-7H2. The van der Waals surface area contributed by atoms with Crippen LogP contribution in [0.5, 0.6) is 0 Å². The Bertz CT molecular complexity index is 319. The van der Waals surface area contributed by atoms with Crippen molar-refractivity contribution in [3.8, 4) is 0 Å². The van der Waals surface area contributed by atoms with Crippen molar-refractivity contribution in [1.29, 1.82) is 0 Å². The topological polar surface area (TPSA) is 36.4 Å². The summed E-state index contributed by atoms with van der Waals surface area (Å²) in [5.41, 5.74) is 0. The Morgan fingerprint density at radius 1 is 1.57 bits per heavy atom. The number of pyridine rings is 1. The van der Waals surface area contributed by atoms with E-state index in [-0.39, 0.29) is 6.10 Å². The minimum absolute atomic E-state index is 0.248. The van der Waals surface area contributed by atoms with E-state index in [1.54, 1.807) is 6.20 Å². The van der Waals surface area contributed by atoms with E-state index in [0.717, 1.165) is 25.2 Å². The maximum Gasteiger partial charge on any atom is 0.147 e. The quantitative estimate of drug-likeness (QED) is 0.770. The van der Waals surface area contributed by atoms with E-state index in [9.17, 15) is 5.11 Å². The molecule has 0 bridgehead atoms. The van der Waals surface area contributed by atoms with Crippen LogP contribution >= 0.6 is 11.6 Å². The summed E-state index contributed by atoms with van der Waals surface area (Å²) in [4.78, 5) is 6.26. The van der Waals surface area contributed by atoms with Crippen LogP contribution in [-0.4, -0.2) is 29.3 Å². The number of aliphatic hydroxyl groups excluding tert-OH is 1. The number of halogens is 1. The first-order chi connectivity index (χ1) is 6.77. The third-order valence-electron chi connectivity index (χ3n) is 2.44. The fourth-order valence-electron chi connectivity index (χ4n) is 1.76. The van der Waals surface area contributed by atoms with Crippen molar-refractivity contribution >= 4 is 17.4 Å². The summed E-state index contributed by atoms with van der Waals surface area (Å²) in [7, 11) is 0. The van der Waals surface area contributed by atoms with Gasteiger partial charge in [-0.1, -0.05) is 11.6 Å². The van der Waals surface area contributed by atoms with Gasteiger partial charge in [-0.05, 0) is 25.0 Å². The summed E-state index contributed by atoms with van der Waals surface area (Å²) < 4.78 is 0. The second-order valence-electron chi connectivity index (χ2n) is 3.55. The van der Waals surface area contributed by atoms with Gasteiger partial charge in [0.1, 0.15) is 5.82 Å². The Balaban J connectivity index is 2.18. The molecule has 1 aromatic heterocycles. The molecule has 0 amide bonds. The number of piperidine rings is 1. The molecule has 1 aliphatic rings. The van der Waals surface area contributed by atoms with Crippen LogP contribution < -0.4 is 4.90 Å². The highest BCUT2D eigenvalue weighted by molar-refractivity contribution is 6.32. The highest BCUT2D eigenvalue weighted by Gasteiger charge is 2.20. The molecular weight excluding hydrogens is 200 g/mol. The second kappa shape index (κ2) is 4.15. The predicted molar refractivity (Wildman–Crippen MR) is 56.7 cm³/mol. The molecule has 0 saturated carbocycles. The number of nitrogens with zero attached hydrogens (tertiary/aromatic N) is 2. The minimum atomic E-state index is -0.248. The van der Waals surface area contributed by atoms with Crippen molar-refractivity contribution in [3.05, 3.63) is 23.4 Å². The van der Waals surface area contributed by atoms with Gasteiger partial charge >= 0.3 is 0 Å². The Morgan fingerprint density at radius 3 is 3.14 bits per heavy atom. The zero-order valence-corrected chi connectivity index (χ0v) is 8.61. The zero-order chi connectivity index (χ0) is 9.97. The molecular formula is C10H13ClN2O. The molecule has 14 heavy (non-hydrogen) atoms. The van der Waals surface area contributed by atoms with E-state index >= 15 is 0 Å². The van der Waals surface area contributed by atoms with Gasteiger partial charge in [-0.2, -0.15) is 0 Å². The summed E-state index contributed by atoms with van der Waals surface area (Å²) in [5, 5.41) is 10.2. The first-order valence-corrected chi connectivity index (χ1v) is 5.18. The minimum Gasteiger partial charge on any atom is -0.391 e. The van der Waals surface area contributed by atoms with Gasteiger partial charge in [0.2, 0.25) is 0 Å². The van der Waals surface area contributed by atoms with Gasteiger partial charge < -0.3 is 10.0 Å².